The topological polar surface area (TPSA) is 104 Å². The maximum atomic E-state index is 13.6. The first-order chi connectivity index (χ1) is 21.5. The van der Waals surface area contributed by atoms with Crippen molar-refractivity contribution in [2.75, 3.05) is 13.7 Å². The summed E-state index contributed by atoms with van der Waals surface area (Å²) in [7, 11) is 1.59. The molecule has 0 spiro atoms. The van der Waals surface area contributed by atoms with Gasteiger partial charge in [-0.05, 0) is 41.3 Å². The minimum Gasteiger partial charge on any atom is -0.493 e. The number of hydrogen-bond acceptors (Lipinski definition) is 7. The second-order valence-electron chi connectivity index (χ2n) is 10.6. The Bertz CT molecular complexity index is 1620. The largest absolute Gasteiger partial charge is 0.493 e. The van der Waals surface area contributed by atoms with E-state index in [1.807, 2.05) is 78.9 Å². The van der Waals surface area contributed by atoms with Crippen LogP contribution in [0.25, 0.3) is 0 Å². The molecule has 0 saturated carbocycles. The molecule has 0 saturated heterocycles. The van der Waals surface area contributed by atoms with Gasteiger partial charge in [-0.25, -0.2) is 0 Å². The van der Waals surface area contributed by atoms with Gasteiger partial charge in [-0.2, -0.15) is 5.26 Å². The molecule has 2 N–H and O–H groups in total. The van der Waals surface area contributed by atoms with Gasteiger partial charge in [-0.15, -0.1) is 0 Å². The smallest absolute Gasteiger partial charge is 0.323 e. The summed E-state index contributed by atoms with van der Waals surface area (Å²) < 4.78 is 23.5. The molecule has 44 heavy (non-hydrogen) atoms. The van der Waals surface area contributed by atoms with Crippen LogP contribution in [0.1, 0.15) is 66.7 Å². The zero-order chi connectivity index (χ0) is 30.9. The summed E-state index contributed by atoms with van der Waals surface area (Å²) in [6.45, 7) is 2.78. The van der Waals surface area contributed by atoms with Crippen molar-refractivity contribution in [2.24, 2.45) is 5.73 Å². The first kappa shape index (κ1) is 30.2. The third kappa shape index (κ3) is 6.71. The molecule has 1 aliphatic heterocycles. The SMILES string of the molecule is CCCCCCOc1ccc(C2C(C#N)=C(N)Oc3cc(OC(=O)C(c4ccccc4)c4ccccc4)ccc32)cc1OC. The predicted octanol–water partition coefficient (Wildman–Crippen LogP) is 7.61. The Balaban J connectivity index is 1.42. The van der Waals surface area contributed by atoms with Crippen LogP contribution in [-0.2, 0) is 4.79 Å². The van der Waals surface area contributed by atoms with Gasteiger partial charge in [-0.3, -0.25) is 4.79 Å². The van der Waals surface area contributed by atoms with Gasteiger partial charge in [0.15, 0.2) is 11.5 Å². The lowest BCUT2D eigenvalue weighted by Gasteiger charge is -2.27. The highest BCUT2D eigenvalue weighted by Gasteiger charge is 2.32. The van der Waals surface area contributed by atoms with Crippen molar-refractivity contribution in [1.82, 2.24) is 0 Å². The summed E-state index contributed by atoms with van der Waals surface area (Å²) in [4.78, 5) is 13.6. The number of esters is 1. The number of nitrogens with two attached hydrogens (primary N) is 1. The minimum atomic E-state index is -0.614. The number of carbonyl (C=O) groups excluding carboxylic acids is 1. The molecule has 0 amide bonds. The molecule has 4 aromatic carbocycles. The Morgan fingerprint density at radius 3 is 2.25 bits per heavy atom. The minimum absolute atomic E-state index is 0.00450. The third-order valence-electron chi connectivity index (χ3n) is 7.69. The molecule has 5 rings (SSSR count). The summed E-state index contributed by atoms with van der Waals surface area (Å²) in [5.41, 5.74) is 9.70. The summed E-state index contributed by atoms with van der Waals surface area (Å²) in [6, 6.07) is 32.0. The van der Waals surface area contributed by atoms with E-state index in [2.05, 4.69) is 13.0 Å². The number of nitriles is 1. The molecule has 4 aromatic rings. The zero-order valence-corrected chi connectivity index (χ0v) is 25.0. The summed E-state index contributed by atoms with van der Waals surface area (Å²) in [5, 5.41) is 10.0. The van der Waals surface area contributed by atoms with Crippen LogP contribution in [0.5, 0.6) is 23.0 Å². The Hall–Kier alpha value is -5.22. The van der Waals surface area contributed by atoms with Crippen molar-refractivity contribution >= 4 is 5.97 Å². The normalized spacial score (nSPS) is 13.9. The van der Waals surface area contributed by atoms with Gasteiger partial charge in [0.05, 0.1) is 19.6 Å². The molecule has 0 aromatic heterocycles. The van der Waals surface area contributed by atoms with Crippen LogP contribution < -0.4 is 24.7 Å². The molecule has 0 radical (unpaired) electrons. The number of benzene rings is 4. The molecule has 0 aliphatic carbocycles. The molecule has 1 aliphatic rings. The van der Waals surface area contributed by atoms with Crippen LogP contribution >= 0.6 is 0 Å². The van der Waals surface area contributed by atoms with E-state index in [0.717, 1.165) is 36.0 Å². The summed E-state index contributed by atoms with van der Waals surface area (Å²) >= 11 is 0. The first-order valence-corrected chi connectivity index (χ1v) is 14.9. The average molecular weight is 589 g/mol. The number of unbranched alkanes of at least 4 members (excludes halogenated alkanes) is 3. The second kappa shape index (κ2) is 14.3. The molecule has 0 bridgehead atoms. The molecular formula is C37H36N2O5. The summed E-state index contributed by atoms with van der Waals surface area (Å²) in [5.74, 6) is 0.370. The fraction of sp³-hybridized carbons (Fsp3) is 0.243. The quantitative estimate of drug-likeness (QED) is 0.103. The van der Waals surface area contributed by atoms with E-state index < -0.39 is 17.8 Å². The standard InChI is InChI=1S/C37H36N2O5/c1-3-4-5-12-21-42-31-20-17-27(22-33(31)41-2)35-29-19-18-28(23-32(29)44-36(39)30(35)24-38)43-37(40)34(25-13-8-6-9-14-25)26-15-10-7-11-16-26/h6-11,13-20,22-23,34-35H,3-5,12,21,39H2,1-2H3. The predicted molar refractivity (Wildman–Crippen MR) is 169 cm³/mol. The van der Waals surface area contributed by atoms with Gasteiger partial charge in [0, 0.05) is 11.6 Å². The van der Waals surface area contributed by atoms with Crippen LogP contribution in [0.2, 0.25) is 0 Å². The number of ether oxygens (including phenoxy) is 4. The number of nitrogens with zero attached hydrogens (tertiary/aromatic N) is 1. The van der Waals surface area contributed by atoms with E-state index in [1.165, 1.54) is 6.42 Å². The molecule has 1 atom stereocenters. The fourth-order valence-electron chi connectivity index (χ4n) is 5.47. The van der Waals surface area contributed by atoms with E-state index in [9.17, 15) is 10.1 Å². The van der Waals surface area contributed by atoms with Gasteiger partial charge in [-0.1, -0.05) is 99.0 Å². The van der Waals surface area contributed by atoms with Gasteiger partial charge in [0.2, 0.25) is 5.88 Å². The lowest BCUT2D eigenvalue weighted by atomic mass is 9.83. The molecule has 0 fully saturated rings. The van der Waals surface area contributed by atoms with E-state index in [0.29, 0.717) is 35.2 Å². The lowest BCUT2D eigenvalue weighted by Crippen LogP contribution is -2.22. The number of hydrogen-bond donors (Lipinski definition) is 1. The summed E-state index contributed by atoms with van der Waals surface area (Å²) in [6.07, 6.45) is 4.42. The highest BCUT2D eigenvalue weighted by molar-refractivity contribution is 5.84. The van der Waals surface area contributed by atoms with Crippen LogP contribution in [0, 0.1) is 11.3 Å². The number of rotatable bonds is 12. The fourth-order valence-corrected chi connectivity index (χ4v) is 5.47. The van der Waals surface area contributed by atoms with Gasteiger partial charge >= 0.3 is 5.97 Å². The van der Waals surface area contributed by atoms with Crippen LogP contribution in [-0.4, -0.2) is 19.7 Å². The lowest BCUT2D eigenvalue weighted by molar-refractivity contribution is -0.135. The average Bonchev–Trinajstić information content (AvgIpc) is 3.05. The number of fused-ring (bicyclic) bond motifs is 1. The van der Waals surface area contributed by atoms with Gasteiger partial charge < -0.3 is 24.7 Å². The van der Waals surface area contributed by atoms with Crippen molar-refractivity contribution in [3.8, 4) is 29.1 Å². The number of methoxy groups -OCH3 is 1. The van der Waals surface area contributed by atoms with Gasteiger partial charge in [0.1, 0.15) is 29.1 Å². The Morgan fingerprint density at radius 2 is 1.61 bits per heavy atom. The van der Waals surface area contributed by atoms with Crippen molar-refractivity contribution in [1.29, 1.82) is 5.26 Å². The Labute approximate surface area is 258 Å². The van der Waals surface area contributed by atoms with E-state index >= 15 is 0 Å². The maximum absolute atomic E-state index is 13.6. The molecular weight excluding hydrogens is 552 g/mol. The zero-order valence-electron chi connectivity index (χ0n) is 25.0. The highest BCUT2D eigenvalue weighted by atomic mass is 16.5. The first-order valence-electron chi connectivity index (χ1n) is 14.9. The number of allylic oxidation sites excluding steroid dienone is 1. The second-order valence-corrected chi connectivity index (χ2v) is 10.6. The van der Waals surface area contributed by atoms with E-state index in [-0.39, 0.29) is 11.5 Å². The van der Waals surface area contributed by atoms with Crippen molar-refractivity contribution in [3.63, 3.8) is 0 Å². The Morgan fingerprint density at radius 1 is 0.909 bits per heavy atom. The van der Waals surface area contributed by atoms with Gasteiger partial charge in [0.25, 0.3) is 0 Å². The van der Waals surface area contributed by atoms with Crippen LogP contribution in [0.3, 0.4) is 0 Å². The molecule has 7 nitrogen and oxygen atoms in total. The highest BCUT2D eigenvalue weighted by Crippen LogP contribution is 2.45. The van der Waals surface area contributed by atoms with Crippen molar-refractivity contribution in [2.45, 2.75) is 44.4 Å². The van der Waals surface area contributed by atoms with Crippen LogP contribution in [0.15, 0.2) is 109 Å². The van der Waals surface area contributed by atoms with E-state index in [1.54, 1.807) is 25.3 Å². The van der Waals surface area contributed by atoms with Crippen molar-refractivity contribution in [3.05, 3.63) is 131 Å². The van der Waals surface area contributed by atoms with Crippen molar-refractivity contribution < 1.29 is 23.7 Å². The number of carbonyl (C=O) groups is 1. The van der Waals surface area contributed by atoms with E-state index in [4.69, 9.17) is 24.7 Å². The monoisotopic (exact) mass is 588 g/mol. The molecule has 1 heterocycles. The Kier molecular flexibility index (Phi) is 9.83. The molecule has 1 unspecified atom stereocenters. The van der Waals surface area contributed by atoms with Crippen LogP contribution in [0.4, 0.5) is 0 Å². The molecule has 7 heteroatoms. The molecule has 224 valence electrons. The third-order valence-corrected chi connectivity index (χ3v) is 7.69. The maximum Gasteiger partial charge on any atom is 0.323 e.